The van der Waals surface area contributed by atoms with Gasteiger partial charge in [-0.1, -0.05) is 215 Å². The molecule has 0 amide bonds. The van der Waals surface area contributed by atoms with Crippen molar-refractivity contribution in [2.24, 2.45) is 0 Å². The molecule has 384 valence electrons. The van der Waals surface area contributed by atoms with Gasteiger partial charge in [0.1, 0.15) is 13.2 Å². The summed E-state index contributed by atoms with van der Waals surface area (Å²) >= 11 is 0. The summed E-state index contributed by atoms with van der Waals surface area (Å²) in [6.45, 7) is 6.52. The van der Waals surface area contributed by atoms with Gasteiger partial charge in [0, 0.05) is 19.3 Å². The van der Waals surface area contributed by atoms with Crippen LogP contribution >= 0.6 is 0 Å². The van der Waals surface area contributed by atoms with E-state index in [2.05, 4.69) is 106 Å². The zero-order valence-electron chi connectivity index (χ0n) is 43.9. The summed E-state index contributed by atoms with van der Waals surface area (Å²) in [6.07, 6.45) is 71.3. The van der Waals surface area contributed by atoms with Crippen LogP contribution in [-0.4, -0.2) is 37.2 Å². The molecule has 0 heterocycles. The van der Waals surface area contributed by atoms with E-state index in [9.17, 15) is 14.4 Å². The number of esters is 3. The number of rotatable bonds is 50. The zero-order valence-corrected chi connectivity index (χ0v) is 43.9. The van der Waals surface area contributed by atoms with E-state index in [1.165, 1.54) is 116 Å². The molecule has 0 aliphatic rings. The molecule has 67 heavy (non-hydrogen) atoms. The second-order valence-corrected chi connectivity index (χ2v) is 18.5. The van der Waals surface area contributed by atoms with Crippen molar-refractivity contribution < 1.29 is 28.6 Å². The third kappa shape index (κ3) is 53.4. The SMILES string of the molecule is CCCC/C=C\CCCCCCCC(=O)OC[C@H](COC(=O)CCCCCCCC/C=C\C/C=C\C/C=C\CCCCC)OC(=O)CCCCCCCC/C=C\C/C=C\C/C=C\CCCCC. The summed E-state index contributed by atoms with van der Waals surface area (Å²) in [4.78, 5) is 38.1. The molecule has 0 aromatic carbocycles. The maximum absolute atomic E-state index is 12.8. The van der Waals surface area contributed by atoms with Crippen molar-refractivity contribution >= 4 is 17.9 Å². The lowest BCUT2D eigenvalue weighted by Crippen LogP contribution is -2.30. The van der Waals surface area contributed by atoms with Crippen molar-refractivity contribution in [3.05, 3.63) is 85.1 Å². The van der Waals surface area contributed by atoms with E-state index < -0.39 is 6.10 Å². The standard InChI is InChI=1S/C61H104O6/c1-4-7-10-13-16-19-22-24-26-28-30-32-34-36-39-42-45-48-51-54-60(63)66-57-58(56-65-59(62)53-50-47-44-41-38-21-18-15-12-9-6-3)67-61(64)55-52-49-46-43-40-37-35-33-31-29-27-25-23-20-17-14-11-8-5-2/h15-20,24-27,30-33,58H,4-14,21-23,28-29,34-57H2,1-3H3/b18-15-,19-16-,20-17-,26-24-,27-25-,32-30-,33-31-/t58-/m1/s1. The fraction of sp³-hybridized carbons (Fsp3) is 0.721. The molecule has 0 aromatic heterocycles. The minimum Gasteiger partial charge on any atom is -0.462 e. The Kier molecular flexibility index (Phi) is 52.4. The van der Waals surface area contributed by atoms with Crippen LogP contribution in [0.4, 0.5) is 0 Å². The Hall–Kier alpha value is -3.41. The van der Waals surface area contributed by atoms with Gasteiger partial charge in [-0.25, -0.2) is 0 Å². The molecule has 0 saturated heterocycles. The van der Waals surface area contributed by atoms with E-state index in [1.54, 1.807) is 0 Å². The molecule has 0 spiro atoms. The quantitative estimate of drug-likeness (QED) is 0.0262. The lowest BCUT2D eigenvalue weighted by Gasteiger charge is -2.18. The van der Waals surface area contributed by atoms with Crippen LogP contribution in [0.15, 0.2) is 85.1 Å². The molecule has 0 aliphatic carbocycles. The second kappa shape index (κ2) is 55.2. The maximum atomic E-state index is 12.8. The molecule has 0 rings (SSSR count). The summed E-state index contributed by atoms with van der Waals surface area (Å²) in [6, 6.07) is 0. The fourth-order valence-corrected chi connectivity index (χ4v) is 7.55. The molecule has 0 radical (unpaired) electrons. The summed E-state index contributed by atoms with van der Waals surface area (Å²) in [5.41, 5.74) is 0. The molecule has 0 bridgehead atoms. The number of carbonyl (C=O) groups excluding carboxylic acids is 3. The van der Waals surface area contributed by atoms with Crippen LogP contribution in [0.5, 0.6) is 0 Å². The Bertz CT molecular complexity index is 1300. The van der Waals surface area contributed by atoms with Gasteiger partial charge in [0.15, 0.2) is 6.10 Å². The van der Waals surface area contributed by atoms with Crippen LogP contribution in [0, 0.1) is 0 Å². The molecular weight excluding hydrogens is 829 g/mol. The predicted octanol–water partition coefficient (Wildman–Crippen LogP) is 18.8. The smallest absolute Gasteiger partial charge is 0.306 e. The lowest BCUT2D eigenvalue weighted by atomic mass is 10.1. The first-order valence-electron chi connectivity index (χ1n) is 28.1. The van der Waals surface area contributed by atoms with E-state index in [-0.39, 0.29) is 31.1 Å². The zero-order chi connectivity index (χ0) is 48.6. The highest BCUT2D eigenvalue weighted by Gasteiger charge is 2.19. The number of hydrogen-bond acceptors (Lipinski definition) is 6. The first-order valence-corrected chi connectivity index (χ1v) is 28.1. The molecule has 0 saturated carbocycles. The summed E-state index contributed by atoms with van der Waals surface area (Å²) in [5, 5.41) is 0. The van der Waals surface area contributed by atoms with E-state index in [0.29, 0.717) is 19.3 Å². The monoisotopic (exact) mass is 933 g/mol. The Labute approximate surface area is 414 Å². The number of allylic oxidation sites excluding steroid dienone is 14. The van der Waals surface area contributed by atoms with Crippen molar-refractivity contribution in [1.29, 1.82) is 0 Å². The third-order valence-electron chi connectivity index (χ3n) is 11.8. The Morgan fingerprint density at radius 2 is 0.552 bits per heavy atom. The van der Waals surface area contributed by atoms with Gasteiger partial charge in [-0.3, -0.25) is 14.4 Å². The van der Waals surface area contributed by atoms with Crippen LogP contribution in [0.3, 0.4) is 0 Å². The molecule has 0 unspecified atom stereocenters. The van der Waals surface area contributed by atoms with Crippen molar-refractivity contribution in [2.75, 3.05) is 13.2 Å². The first-order chi connectivity index (χ1) is 33.0. The number of hydrogen-bond donors (Lipinski definition) is 0. The molecular formula is C61H104O6. The van der Waals surface area contributed by atoms with E-state index in [1.807, 2.05) is 0 Å². The van der Waals surface area contributed by atoms with E-state index >= 15 is 0 Å². The Morgan fingerprint density at radius 3 is 0.896 bits per heavy atom. The van der Waals surface area contributed by atoms with Gasteiger partial charge in [0.05, 0.1) is 0 Å². The summed E-state index contributed by atoms with van der Waals surface area (Å²) in [5.74, 6) is -0.923. The number of ether oxygens (including phenoxy) is 3. The molecule has 0 aromatic rings. The minimum atomic E-state index is -0.793. The molecule has 0 fully saturated rings. The van der Waals surface area contributed by atoms with Crippen molar-refractivity contribution in [3.63, 3.8) is 0 Å². The van der Waals surface area contributed by atoms with Crippen LogP contribution in [0.1, 0.15) is 265 Å². The molecule has 0 aliphatic heterocycles. The number of unbranched alkanes of at least 4 members (excludes halogenated alkanes) is 25. The van der Waals surface area contributed by atoms with Crippen LogP contribution in [0.2, 0.25) is 0 Å². The van der Waals surface area contributed by atoms with Gasteiger partial charge in [-0.15, -0.1) is 0 Å². The molecule has 0 N–H and O–H groups in total. The largest absolute Gasteiger partial charge is 0.462 e. The second-order valence-electron chi connectivity index (χ2n) is 18.5. The van der Waals surface area contributed by atoms with E-state index in [4.69, 9.17) is 14.2 Å². The Morgan fingerprint density at radius 1 is 0.299 bits per heavy atom. The number of carbonyl (C=O) groups is 3. The van der Waals surface area contributed by atoms with Crippen molar-refractivity contribution in [2.45, 2.75) is 271 Å². The van der Waals surface area contributed by atoms with Crippen molar-refractivity contribution in [1.82, 2.24) is 0 Å². The van der Waals surface area contributed by atoms with E-state index in [0.717, 1.165) is 109 Å². The molecule has 1 atom stereocenters. The molecule has 6 heteroatoms. The van der Waals surface area contributed by atoms with Gasteiger partial charge in [0.2, 0.25) is 0 Å². The van der Waals surface area contributed by atoms with Crippen LogP contribution in [0.25, 0.3) is 0 Å². The topological polar surface area (TPSA) is 78.9 Å². The summed E-state index contributed by atoms with van der Waals surface area (Å²) < 4.78 is 16.8. The average Bonchev–Trinajstić information content (AvgIpc) is 3.33. The van der Waals surface area contributed by atoms with Crippen LogP contribution in [-0.2, 0) is 28.6 Å². The lowest BCUT2D eigenvalue weighted by molar-refractivity contribution is -0.167. The summed E-state index contributed by atoms with van der Waals surface area (Å²) in [7, 11) is 0. The predicted molar refractivity (Wildman–Crippen MR) is 288 cm³/mol. The van der Waals surface area contributed by atoms with Gasteiger partial charge >= 0.3 is 17.9 Å². The van der Waals surface area contributed by atoms with Gasteiger partial charge in [0.25, 0.3) is 0 Å². The van der Waals surface area contributed by atoms with Crippen molar-refractivity contribution in [3.8, 4) is 0 Å². The van der Waals surface area contributed by atoms with Gasteiger partial charge in [-0.05, 0) is 116 Å². The normalized spacial score (nSPS) is 12.7. The van der Waals surface area contributed by atoms with Gasteiger partial charge in [-0.2, -0.15) is 0 Å². The Balaban J connectivity index is 4.41. The van der Waals surface area contributed by atoms with Crippen LogP contribution < -0.4 is 0 Å². The third-order valence-corrected chi connectivity index (χ3v) is 11.8. The first kappa shape index (κ1) is 63.6. The maximum Gasteiger partial charge on any atom is 0.306 e. The highest BCUT2D eigenvalue weighted by atomic mass is 16.6. The fourth-order valence-electron chi connectivity index (χ4n) is 7.55. The average molecular weight is 933 g/mol. The molecule has 6 nitrogen and oxygen atoms in total. The highest BCUT2D eigenvalue weighted by Crippen LogP contribution is 2.14. The highest BCUT2D eigenvalue weighted by molar-refractivity contribution is 5.71. The minimum absolute atomic E-state index is 0.0910. The van der Waals surface area contributed by atoms with Gasteiger partial charge < -0.3 is 14.2 Å².